The monoisotopic (exact) mass is 209 g/mol. The second-order valence-corrected chi connectivity index (χ2v) is 4.31. The summed E-state index contributed by atoms with van der Waals surface area (Å²) in [4.78, 5) is 13.5. The molecule has 0 heterocycles. The molecule has 0 bridgehead atoms. The number of hydrogen-bond donors (Lipinski definition) is 0. The van der Waals surface area contributed by atoms with Gasteiger partial charge in [0.1, 0.15) is 6.29 Å². The Labute approximate surface area is 89.3 Å². The number of anilines is 1. The van der Waals surface area contributed by atoms with Crippen LogP contribution in [0.3, 0.4) is 0 Å². The van der Waals surface area contributed by atoms with E-state index >= 15 is 0 Å². The highest BCUT2D eigenvalue weighted by Gasteiger charge is 1.99. The average molecular weight is 209 g/mol. The summed E-state index contributed by atoms with van der Waals surface area (Å²) >= 11 is 1.82. The van der Waals surface area contributed by atoms with Crippen molar-refractivity contribution in [1.29, 1.82) is 0 Å². The van der Waals surface area contributed by atoms with Gasteiger partial charge in [0.2, 0.25) is 0 Å². The topological polar surface area (TPSA) is 20.3 Å². The zero-order valence-electron chi connectivity index (χ0n) is 8.56. The zero-order chi connectivity index (χ0) is 10.4. The third-order valence-electron chi connectivity index (χ3n) is 1.94. The average Bonchev–Trinajstić information content (AvgIpc) is 2.20. The van der Waals surface area contributed by atoms with Gasteiger partial charge in [-0.05, 0) is 30.0 Å². The van der Waals surface area contributed by atoms with Crippen molar-refractivity contribution in [2.45, 2.75) is 11.8 Å². The highest BCUT2D eigenvalue weighted by molar-refractivity contribution is 7.99. The predicted molar refractivity (Wildman–Crippen MR) is 62.2 cm³/mol. The highest BCUT2D eigenvalue weighted by atomic mass is 32.2. The molecule has 3 heteroatoms. The lowest BCUT2D eigenvalue weighted by molar-refractivity contribution is -0.106. The van der Waals surface area contributed by atoms with Crippen LogP contribution < -0.4 is 4.90 Å². The number of carbonyl (C=O) groups is 1. The summed E-state index contributed by atoms with van der Waals surface area (Å²) in [7, 11) is 1.91. The highest BCUT2D eigenvalue weighted by Crippen LogP contribution is 2.21. The molecule has 0 saturated carbocycles. The third kappa shape index (κ3) is 3.07. The largest absolute Gasteiger partial charge is 0.368 e. The molecule has 1 rings (SSSR count). The lowest BCUT2D eigenvalue weighted by atomic mass is 10.3. The summed E-state index contributed by atoms with van der Waals surface area (Å²) in [6.45, 7) is 2.58. The van der Waals surface area contributed by atoms with Crippen molar-refractivity contribution in [3.8, 4) is 0 Å². The van der Waals surface area contributed by atoms with Crippen LogP contribution in [-0.4, -0.2) is 25.6 Å². The van der Waals surface area contributed by atoms with Crippen LogP contribution in [0.5, 0.6) is 0 Å². The predicted octanol–water partition coefficient (Wildman–Crippen LogP) is 2.43. The zero-order valence-corrected chi connectivity index (χ0v) is 9.38. The van der Waals surface area contributed by atoms with E-state index in [9.17, 15) is 4.79 Å². The van der Waals surface area contributed by atoms with Gasteiger partial charge < -0.3 is 9.69 Å². The van der Waals surface area contributed by atoms with Gasteiger partial charge in [-0.2, -0.15) is 0 Å². The summed E-state index contributed by atoms with van der Waals surface area (Å²) in [5.41, 5.74) is 1.08. The molecule has 0 aliphatic carbocycles. The van der Waals surface area contributed by atoms with E-state index in [1.54, 1.807) is 0 Å². The van der Waals surface area contributed by atoms with Crippen LogP contribution in [0.4, 0.5) is 5.69 Å². The molecule has 0 spiro atoms. The minimum absolute atomic E-state index is 0.445. The maximum Gasteiger partial charge on any atom is 0.139 e. The Morgan fingerprint density at radius 3 is 2.50 bits per heavy atom. The van der Waals surface area contributed by atoms with E-state index < -0.39 is 0 Å². The molecular weight excluding hydrogens is 194 g/mol. The Hall–Kier alpha value is -0.960. The normalized spacial score (nSPS) is 9.86. The second kappa shape index (κ2) is 5.70. The Balaban J connectivity index is 2.67. The van der Waals surface area contributed by atoms with E-state index in [0.29, 0.717) is 6.54 Å². The van der Waals surface area contributed by atoms with Gasteiger partial charge in [0.05, 0.1) is 6.54 Å². The third-order valence-corrected chi connectivity index (χ3v) is 2.83. The lowest BCUT2D eigenvalue weighted by Gasteiger charge is -2.15. The SMILES string of the molecule is CCSc1ccc(N(C)CC=O)cc1. The first-order valence-electron chi connectivity index (χ1n) is 4.65. The molecule has 0 aromatic heterocycles. The van der Waals surface area contributed by atoms with Crippen molar-refractivity contribution in [2.75, 3.05) is 24.2 Å². The Morgan fingerprint density at radius 2 is 2.00 bits per heavy atom. The molecule has 0 aliphatic rings. The molecule has 0 aliphatic heterocycles. The van der Waals surface area contributed by atoms with Gasteiger partial charge in [0.25, 0.3) is 0 Å². The van der Waals surface area contributed by atoms with Gasteiger partial charge in [0, 0.05) is 17.6 Å². The van der Waals surface area contributed by atoms with Gasteiger partial charge in [0.15, 0.2) is 0 Å². The molecular formula is C11H15NOS. The fourth-order valence-electron chi connectivity index (χ4n) is 1.18. The Bertz CT molecular complexity index is 284. The van der Waals surface area contributed by atoms with E-state index in [4.69, 9.17) is 0 Å². The van der Waals surface area contributed by atoms with Crippen LogP contribution in [0.2, 0.25) is 0 Å². The summed E-state index contributed by atoms with van der Waals surface area (Å²) in [5.74, 6) is 1.09. The molecule has 0 amide bonds. The summed E-state index contributed by atoms with van der Waals surface area (Å²) < 4.78 is 0. The Kier molecular flexibility index (Phi) is 4.53. The molecule has 0 atom stereocenters. The maximum absolute atomic E-state index is 10.3. The van der Waals surface area contributed by atoms with E-state index in [2.05, 4.69) is 19.1 Å². The molecule has 0 unspecified atom stereocenters. The van der Waals surface area contributed by atoms with Gasteiger partial charge in [-0.3, -0.25) is 0 Å². The van der Waals surface area contributed by atoms with E-state index in [1.807, 2.05) is 35.8 Å². The van der Waals surface area contributed by atoms with Crippen molar-refractivity contribution in [3.63, 3.8) is 0 Å². The standard InChI is InChI=1S/C11H15NOS/c1-3-14-11-6-4-10(5-7-11)12(2)8-9-13/h4-7,9H,3,8H2,1-2H3. The van der Waals surface area contributed by atoms with Crippen molar-refractivity contribution in [2.24, 2.45) is 0 Å². The van der Waals surface area contributed by atoms with Crippen molar-refractivity contribution >= 4 is 23.7 Å². The molecule has 1 aromatic rings. The minimum Gasteiger partial charge on any atom is -0.368 e. The summed E-state index contributed by atoms with van der Waals surface area (Å²) in [6.07, 6.45) is 0.911. The first kappa shape index (κ1) is 11.1. The van der Waals surface area contributed by atoms with Crippen molar-refractivity contribution in [1.82, 2.24) is 0 Å². The van der Waals surface area contributed by atoms with Gasteiger partial charge >= 0.3 is 0 Å². The number of benzene rings is 1. The van der Waals surface area contributed by atoms with Crippen LogP contribution in [-0.2, 0) is 4.79 Å². The molecule has 2 nitrogen and oxygen atoms in total. The first-order chi connectivity index (χ1) is 6.77. The van der Waals surface area contributed by atoms with Crippen LogP contribution in [0.25, 0.3) is 0 Å². The lowest BCUT2D eigenvalue weighted by Crippen LogP contribution is -2.18. The van der Waals surface area contributed by atoms with Crippen molar-refractivity contribution < 1.29 is 4.79 Å². The molecule has 14 heavy (non-hydrogen) atoms. The summed E-state index contributed by atoms with van der Waals surface area (Å²) in [5, 5.41) is 0. The number of carbonyl (C=O) groups excluding carboxylic acids is 1. The minimum atomic E-state index is 0.445. The second-order valence-electron chi connectivity index (χ2n) is 2.97. The number of aldehydes is 1. The van der Waals surface area contributed by atoms with Gasteiger partial charge in [-0.25, -0.2) is 0 Å². The molecule has 0 N–H and O–H groups in total. The maximum atomic E-state index is 10.3. The number of likely N-dealkylation sites (N-methyl/N-ethyl adjacent to an activating group) is 1. The molecule has 0 fully saturated rings. The van der Waals surface area contributed by atoms with Crippen LogP contribution in [0.1, 0.15) is 6.92 Å². The quantitative estimate of drug-likeness (QED) is 0.549. The fourth-order valence-corrected chi connectivity index (χ4v) is 1.84. The Morgan fingerprint density at radius 1 is 1.36 bits per heavy atom. The van der Waals surface area contributed by atoms with Crippen molar-refractivity contribution in [3.05, 3.63) is 24.3 Å². The molecule has 76 valence electrons. The smallest absolute Gasteiger partial charge is 0.139 e. The van der Waals surface area contributed by atoms with Crippen LogP contribution in [0, 0.1) is 0 Å². The molecule has 1 aromatic carbocycles. The number of rotatable bonds is 5. The number of thioether (sulfide) groups is 1. The first-order valence-corrected chi connectivity index (χ1v) is 5.64. The number of hydrogen-bond acceptors (Lipinski definition) is 3. The van der Waals surface area contributed by atoms with Crippen LogP contribution in [0.15, 0.2) is 29.2 Å². The van der Waals surface area contributed by atoms with Gasteiger partial charge in [-0.15, -0.1) is 11.8 Å². The van der Waals surface area contributed by atoms with E-state index in [-0.39, 0.29) is 0 Å². The number of nitrogens with zero attached hydrogens (tertiary/aromatic N) is 1. The van der Waals surface area contributed by atoms with Crippen LogP contribution >= 0.6 is 11.8 Å². The fraction of sp³-hybridized carbons (Fsp3) is 0.364. The van der Waals surface area contributed by atoms with E-state index in [0.717, 1.165) is 17.7 Å². The van der Waals surface area contributed by atoms with Gasteiger partial charge in [-0.1, -0.05) is 6.92 Å². The molecule has 0 radical (unpaired) electrons. The molecule has 0 saturated heterocycles. The summed E-state index contributed by atoms with van der Waals surface area (Å²) in [6, 6.07) is 8.26. The van der Waals surface area contributed by atoms with E-state index in [1.165, 1.54) is 4.90 Å².